The molecule has 4 saturated carbocycles. The number of benzene rings is 1. The molecule has 4 aliphatic carbocycles. The van der Waals surface area contributed by atoms with Gasteiger partial charge in [-0.25, -0.2) is 4.98 Å². The zero-order valence-corrected chi connectivity index (χ0v) is 17.6. The van der Waals surface area contributed by atoms with Crippen molar-refractivity contribution in [2.24, 2.45) is 23.2 Å². The van der Waals surface area contributed by atoms with Crippen LogP contribution >= 0.6 is 0 Å². The summed E-state index contributed by atoms with van der Waals surface area (Å²) in [6, 6.07) is 3.95. The molecule has 0 atom stereocenters. The molecule has 2 aromatic rings. The number of hydrogen-bond donors (Lipinski definition) is 0. The highest BCUT2D eigenvalue weighted by Crippen LogP contribution is 2.60. The number of nitrogens with zero attached hydrogens (tertiary/aromatic N) is 3. The number of hydrogen-bond acceptors (Lipinski definition) is 2. The van der Waals surface area contributed by atoms with Gasteiger partial charge in [-0.15, -0.1) is 0 Å². The predicted octanol–water partition coefficient (Wildman–Crippen LogP) is 5.44. The number of amides is 1. The third-order valence-electron chi connectivity index (χ3n) is 8.54. The maximum Gasteiger partial charge on any atom is 0.416 e. The highest BCUT2D eigenvalue weighted by Gasteiger charge is 2.55. The SMILES string of the molecule is O=C(N1CCC(n2cnc3cc(C(F)(F)F)ccc32)CC1)C12CC3CC(CC(C3)C1)C2. The van der Waals surface area contributed by atoms with Crippen molar-refractivity contribution in [3.8, 4) is 0 Å². The first kappa shape index (κ1) is 19.6. The van der Waals surface area contributed by atoms with E-state index in [9.17, 15) is 18.0 Å². The number of imidazole rings is 1. The molecule has 1 aromatic carbocycles. The highest BCUT2D eigenvalue weighted by molar-refractivity contribution is 5.83. The van der Waals surface area contributed by atoms with Gasteiger partial charge in [0, 0.05) is 19.1 Å². The second-order valence-corrected chi connectivity index (χ2v) is 10.6. The number of carbonyl (C=O) groups is 1. The molecule has 5 fully saturated rings. The summed E-state index contributed by atoms with van der Waals surface area (Å²) in [6.07, 6.45) is 6.21. The molecule has 1 amide bonds. The van der Waals surface area contributed by atoms with E-state index in [-0.39, 0.29) is 11.5 Å². The fourth-order valence-electron chi connectivity index (χ4n) is 7.55. The number of piperidine rings is 1. The standard InChI is InChI=1S/C24H28F3N3O/c25-24(26,27)18-1-2-21-20(10-18)28-14-30(21)19-3-5-29(6-4-19)22(31)23-11-15-7-16(12-23)9-17(8-15)13-23/h1-2,10,14-17,19H,3-9,11-13H2. The van der Waals surface area contributed by atoms with Crippen molar-refractivity contribution in [1.29, 1.82) is 0 Å². The third-order valence-corrected chi connectivity index (χ3v) is 8.54. The summed E-state index contributed by atoms with van der Waals surface area (Å²) < 4.78 is 41.0. The van der Waals surface area contributed by atoms with Crippen LogP contribution in [0.4, 0.5) is 13.2 Å². The van der Waals surface area contributed by atoms with E-state index in [4.69, 9.17) is 0 Å². The second-order valence-electron chi connectivity index (χ2n) is 10.6. The Kier molecular flexibility index (Phi) is 4.26. The molecule has 7 rings (SSSR count). The van der Waals surface area contributed by atoms with Gasteiger partial charge in [-0.2, -0.15) is 13.2 Å². The molecule has 0 unspecified atom stereocenters. The van der Waals surface area contributed by atoms with E-state index < -0.39 is 11.7 Å². The molecule has 0 N–H and O–H groups in total. The second kappa shape index (κ2) is 6.72. The van der Waals surface area contributed by atoms with Crippen LogP contribution in [0, 0.1) is 23.2 Å². The summed E-state index contributed by atoms with van der Waals surface area (Å²) in [6.45, 7) is 1.46. The number of halogens is 3. The molecule has 31 heavy (non-hydrogen) atoms. The van der Waals surface area contributed by atoms with Crippen molar-refractivity contribution in [2.75, 3.05) is 13.1 Å². The van der Waals surface area contributed by atoms with Crippen molar-refractivity contribution >= 4 is 16.9 Å². The minimum absolute atomic E-state index is 0.0999. The number of alkyl halides is 3. The highest BCUT2D eigenvalue weighted by atomic mass is 19.4. The molecule has 166 valence electrons. The van der Waals surface area contributed by atoms with Crippen LogP contribution in [0.5, 0.6) is 0 Å². The van der Waals surface area contributed by atoms with Crippen LogP contribution in [0.25, 0.3) is 11.0 Å². The van der Waals surface area contributed by atoms with Crippen molar-refractivity contribution in [3.05, 3.63) is 30.1 Å². The zero-order valence-electron chi connectivity index (χ0n) is 17.6. The van der Waals surface area contributed by atoms with Crippen molar-refractivity contribution < 1.29 is 18.0 Å². The van der Waals surface area contributed by atoms with Crippen LogP contribution in [0.15, 0.2) is 24.5 Å². The van der Waals surface area contributed by atoms with Gasteiger partial charge in [0.2, 0.25) is 5.91 Å². The fourth-order valence-corrected chi connectivity index (χ4v) is 7.55. The minimum Gasteiger partial charge on any atom is -0.342 e. The summed E-state index contributed by atoms with van der Waals surface area (Å²) in [5.41, 5.74) is 0.346. The van der Waals surface area contributed by atoms with Crippen LogP contribution < -0.4 is 0 Å². The largest absolute Gasteiger partial charge is 0.416 e. The van der Waals surface area contributed by atoms with Crippen molar-refractivity contribution in [2.45, 2.75) is 63.6 Å². The monoisotopic (exact) mass is 431 g/mol. The Hall–Kier alpha value is -2.05. The van der Waals surface area contributed by atoms with E-state index in [1.54, 1.807) is 6.33 Å². The lowest BCUT2D eigenvalue weighted by molar-refractivity contribution is -0.159. The molecule has 0 spiro atoms. The summed E-state index contributed by atoms with van der Waals surface area (Å²) in [5.74, 6) is 2.65. The molecule has 5 aliphatic rings. The fraction of sp³-hybridized carbons (Fsp3) is 0.667. The number of likely N-dealkylation sites (tertiary alicyclic amines) is 1. The maximum absolute atomic E-state index is 13.6. The quantitative estimate of drug-likeness (QED) is 0.636. The predicted molar refractivity (Wildman–Crippen MR) is 110 cm³/mol. The van der Waals surface area contributed by atoms with Gasteiger partial charge in [0.15, 0.2) is 0 Å². The Bertz CT molecular complexity index is 983. The molecule has 2 heterocycles. The van der Waals surface area contributed by atoms with Crippen LogP contribution in [-0.2, 0) is 11.0 Å². The van der Waals surface area contributed by atoms with Gasteiger partial charge < -0.3 is 9.47 Å². The lowest BCUT2D eigenvalue weighted by atomic mass is 9.49. The lowest BCUT2D eigenvalue weighted by Crippen LogP contribution is -2.55. The molecule has 4 nitrogen and oxygen atoms in total. The molecule has 1 saturated heterocycles. The van der Waals surface area contributed by atoms with E-state index in [2.05, 4.69) is 9.88 Å². The molecular formula is C24H28F3N3O. The van der Waals surface area contributed by atoms with Gasteiger partial charge >= 0.3 is 6.18 Å². The summed E-state index contributed by atoms with van der Waals surface area (Å²) in [7, 11) is 0. The third kappa shape index (κ3) is 3.18. The molecule has 7 heteroatoms. The van der Waals surface area contributed by atoms with E-state index in [0.29, 0.717) is 11.4 Å². The van der Waals surface area contributed by atoms with E-state index in [0.717, 1.165) is 80.6 Å². The number of carbonyl (C=O) groups excluding carboxylic acids is 1. The Morgan fingerprint density at radius 3 is 2.19 bits per heavy atom. The first-order chi connectivity index (χ1) is 14.8. The number of fused-ring (bicyclic) bond motifs is 1. The van der Waals surface area contributed by atoms with Crippen molar-refractivity contribution in [1.82, 2.24) is 14.5 Å². The topological polar surface area (TPSA) is 38.1 Å². The Morgan fingerprint density at radius 1 is 1.00 bits per heavy atom. The number of aromatic nitrogens is 2. The summed E-state index contributed by atoms with van der Waals surface area (Å²) in [5, 5.41) is 0. The van der Waals surface area contributed by atoms with Gasteiger partial charge in [0.05, 0.1) is 28.3 Å². The van der Waals surface area contributed by atoms with E-state index in [1.165, 1.54) is 25.3 Å². The van der Waals surface area contributed by atoms with E-state index in [1.807, 2.05) is 4.57 Å². The van der Waals surface area contributed by atoms with Crippen LogP contribution in [0.3, 0.4) is 0 Å². The van der Waals surface area contributed by atoms with Gasteiger partial charge in [-0.05, 0) is 87.3 Å². The first-order valence-electron chi connectivity index (χ1n) is 11.6. The molecule has 1 aliphatic heterocycles. The minimum atomic E-state index is -4.36. The van der Waals surface area contributed by atoms with Gasteiger partial charge in [0.25, 0.3) is 0 Å². The van der Waals surface area contributed by atoms with Gasteiger partial charge in [0.1, 0.15) is 0 Å². The van der Waals surface area contributed by atoms with Gasteiger partial charge in [-0.1, -0.05) is 0 Å². The van der Waals surface area contributed by atoms with Crippen LogP contribution in [0.2, 0.25) is 0 Å². The Morgan fingerprint density at radius 2 is 1.61 bits per heavy atom. The normalized spacial score (nSPS) is 33.4. The van der Waals surface area contributed by atoms with Crippen molar-refractivity contribution in [3.63, 3.8) is 0 Å². The Balaban J connectivity index is 1.16. The maximum atomic E-state index is 13.6. The number of rotatable bonds is 2. The lowest BCUT2D eigenvalue weighted by Gasteiger charge is -2.57. The zero-order chi connectivity index (χ0) is 21.4. The summed E-state index contributed by atoms with van der Waals surface area (Å²) >= 11 is 0. The van der Waals surface area contributed by atoms with Crippen LogP contribution in [0.1, 0.15) is 63.0 Å². The van der Waals surface area contributed by atoms with E-state index >= 15 is 0 Å². The molecular weight excluding hydrogens is 403 g/mol. The molecule has 1 aromatic heterocycles. The molecule has 4 bridgehead atoms. The van der Waals surface area contributed by atoms with Gasteiger partial charge in [-0.3, -0.25) is 4.79 Å². The first-order valence-corrected chi connectivity index (χ1v) is 11.6. The molecule has 0 radical (unpaired) electrons. The average Bonchev–Trinajstić information content (AvgIpc) is 3.15. The summed E-state index contributed by atoms with van der Waals surface area (Å²) in [4.78, 5) is 19.9. The van der Waals surface area contributed by atoms with Crippen LogP contribution in [-0.4, -0.2) is 33.4 Å². The smallest absolute Gasteiger partial charge is 0.342 e. The average molecular weight is 432 g/mol. The Labute approximate surface area is 179 Å².